The second-order valence-electron chi connectivity index (χ2n) is 6.74. The van der Waals surface area contributed by atoms with Gasteiger partial charge in [-0.3, -0.25) is 0 Å². The zero-order chi connectivity index (χ0) is 14.4. The van der Waals surface area contributed by atoms with Crippen LogP contribution in [0.15, 0.2) is 0 Å². The van der Waals surface area contributed by atoms with Crippen molar-refractivity contribution in [1.29, 1.82) is 0 Å². The summed E-state index contributed by atoms with van der Waals surface area (Å²) in [7, 11) is 0. The zero-order valence-electron chi connectivity index (χ0n) is 13.7. The van der Waals surface area contributed by atoms with Crippen LogP contribution in [0.25, 0.3) is 0 Å². The van der Waals surface area contributed by atoms with Gasteiger partial charge in [-0.05, 0) is 70.5 Å². The van der Waals surface area contributed by atoms with E-state index < -0.39 is 0 Å². The molecule has 0 saturated carbocycles. The van der Waals surface area contributed by atoms with Crippen molar-refractivity contribution in [2.24, 2.45) is 11.8 Å². The summed E-state index contributed by atoms with van der Waals surface area (Å²) in [4.78, 5) is 2.63. The lowest BCUT2D eigenvalue weighted by Gasteiger charge is -2.35. The maximum Gasteiger partial charge on any atom is 0.0613 e. The summed E-state index contributed by atoms with van der Waals surface area (Å²) in [5.74, 6) is 1.60. The third-order valence-corrected chi connectivity index (χ3v) is 5.33. The van der Waals surface area contributed by atoms with Crippen LogP contribution in [0, 0.1) is 11.8 Å². The molecule has 20 heavy (non-hydrogen) atoms. The molecule has 2 fully saturated rings. The van der Waals surface area contributed by atoms with Crippen LogP contribution in [0.5, 0.6) is 0 Å². The highest BCUT2D eigenvalue weighted by atomic mass is 16.5. The van der Waals surface area contributed by atoms with Crippen molar-refractivity contribution in [2.45, 2.75) is 65.0 Å². The predicted molar refractivity (Wildman–Crippen MR) is 85.1 cm³/mol. The van der Waals surface area contributed by atoms with Gasteiger partial charge in [-0.15, -0.1) is 0 Å². The van der Waals surface area contributed by atoms with Crippen molar-refractivity contribution in [3.8, 4) is 0 Å². The number of likely N-dealkylation sites (tertiary alicyclic amines) is 1. The smallest absolute Gasteiger partial charge is 0.0613 e. The first-order chi connectivity index (χ1) is 9.74. The summed E-state index contributed by atoms with van der Waals surface area (Å²) in [6.45, 7) is 12.9. The van der Waals surface area contributed by atoms with Gasteiger partial charge in [-0.25, -0.2) is 0 Å². The number of hydrogen-bond donors (Lipinski definition) is 1. The molecule has 0 spiro atoms. The van der Waals surface area contributed by atoms with Crippen molar-refractivity contribution in [1.82, 2.24) is 10.2 Å². The van der Waals surface area contributed by atoms with Crippen molar-refractivity contribution < 1.29 is 4.74 Å². The standard InChI is InChI=1S/C17H34N2O/c1-4-9-19-10-6-15(7-11-19)14(3)18-13-16-8-12-20-17(16)5-2/h14-18H,4-13H2,1-3H3. The van der Waals surface area contributed by atoms with Crippen LogP contribution in [-0.4, -0.2) is 49.8 Å². The fourth-order valence-corrected chi connectivity index (χ4v) is 3.87. The SMILES string of the molecule is CCCN1CCC(C(C)NCC2CCOC2CC)CC1. The van der Waals surface area contributed by atoms with E-state index in [1.165, 1.54) is 45.3 Å². The molecular weight excluding hydrogens is 248 g/mol. The van der Waals surface area contributed by atoms with Crippen molar-refractivity contribution >= 4 is 0 Å². The molecule has 3 heteroatoms. The van der Waals surface area contributed by atoms with Crippen molar-refractivity contribution in [2.75, 3.05) is 32.8 Å². The van der Waals surface area contributed by atoms with E-state index in [1.54, 1.807) is 0 Å². The van der Waals surface area contributed by atoms with Gasteiger partial charge in [0.2, 0.25) is 0 Å². The average Bonchev–Trinajstić information content (AvgIpc) is 2.93. The first-order valence-electron chi connectivity index (χ1n) is 8.81. The Bertz CT molecular complexity index is 264. The van der Waals surface area contributed by atoms with E-state index >= 15 is 0 Å². The van der Waals surface area contributed by atoms with E-state index in [-0.39, 0.29) is 0 Å². The predicted octanol–water partition coefficient (Wildman–Crippen LogP) is 2.90. The molecule has 0 aromatic heterocycles. The van der Waals surface area contributed by atoms with Gasteiger partial charge in [0.05, 0.1) is 6.10 Å². The third kappa shape index (κ3) is 4.44. The fraction of sp³-hybridized carbons (Fsp3) is 1.00. The van der Waals surface area contributed by atoms with Gasteiger partial charge in [0.25, 0.3) is 0 Å². The molecule has 0 aliphatic carbocycles. The molecule has 2 aliphatic heterocycles. The summed E-state index contributed by atoms with van der Waals surface area (Å²) in [6, 6.07) is 0.664. The van der Waals surface area contributed by atoms with Gasteiger partial charge in [0.15, 0.2) is 0 Å². The molecule has 3 atom stereocenters. The normalized spacial score (nSPS) is 30.8. The highest BCUT2D eigenvalue weighted by Gasteiger charge is 2.28. The van der Waals surface area contributed by atoms with E-state index in [4.69, 9.17) is 4.74 Å². The van der Waals surface area contributed by atoms with Gasteiger partial charge in [-0.2, -0.15) is 0 Å². The molecule has 3 nitrogen and oxygen atoms in total. The summed E-state index contributed by atoms with van der Waals surface area (Å²) >= 11 is 0. The fourth-order valence-electron chi connectivity index (χ4n) is 3.87. The lowest BCUT2D eigenvalue weighted by molar-refractivity contribution is 0.0851. The number of piperidine rings is 1. The lowest BCUT2D eigenvalue weighted by Crippen LogP contribution is -2.44. The Kier molecular flexibility index (Phi) is 6.79. The van der Waals surface area contributed by atoms with E-state index in [1.807, 2.05) is 0 Å². The maximum atomic E-state index is 5.79. The first-order valence-corrected chi connectivity index (χ1v) is 8.81. The monoisotopic (exact) mass is 282 g/mol. The molecular formula is C17H34N2O. The number of ether oxygens (including phenoxy) is 1. The Morgan fingerprint density at radius 1 is 1.20 bits per heavy atom. The Morgan fingerprint density at radius 3 is 2.60 bits per heavy atom. The Labute approximate surface area is 125 Å². The number of hydrogen-bond acceptors (Lipinski definition) is 3. The van der Waals surface area contributed by atoms with Crippen molar-refractivity contribution in [3.63, 3.8) is 0 Å². The topological polar surface area (TPSA) is 24.5 Å². The molecule has 0 radical (unpaired) electrons. The van der Waals surface area contributed by atoms with E-state index in [2.05, 4.69) is 31.0 Å². The van der Waals surface area contributed by atoms with Gasteiger partial charge >= 0.3 is 0 Å². The first kappa shape index (κ1) is 16.3. The quantitative estimate of drug-likeness (QED) is 0.777. The number of rotatable bonds is 7. The Balaban J connectivity index is 1.66. The molecule has 2 heterocycles. The highest BCUT2D eigenvalue weighted by molar-refractivity contribution is 4.82. The number of nitrogens with one attached hydrogen (secondary N) is 1. The van der Waals surface area contributed by atoms with Gasteiger partial charge in [0.1, 0.15) is 0 Å². The zero-order valence-corrected chi connectivity index (χ0v) is 13.7. The molecule has 2 rings (SSSR count). The summed E-state index contributed by atoms with van der Waals surface area (Å²) in [5.41, 5.74) is 0. The maximum absolute atomic E-state index is 5.79. The van der Waals surface area contributed by atoms with E-state index in [9.17, 15) is 0 Å². The van der Waals surface area contributed by atoms with Crippen LogP contribution in [-0.2, 0) is 4.74 Å². The van der Waals surface area contributed by atoms with Crippen LogP contribution >= 0.6 is 0 Å². The van der Waals surface area contributed by atoms with Crippen LogP contribution in [0.1, 0.15) is 52.9 Å². The average molecular weight is 282 g/mol. The van der Waals surface area contributed by atoms with E-state index in [0.29, 0.717) is 12.1 Å². The van der Waals surface area contributed by atoms with Crippen LogP contribution in [0.3, 0.4) is 0 Å². The minimum atomic E-state index is 0.501. The molecule has 1 N–H and O–H groups in total. The van der Waals surface area contributed by atoms with E-state index in [0.717, 1.165) is 31.4 Å². The Hall–Kier alpha value is -0.120. The molecule has 2 aliphatic rings. The van der Waals surface area contributed by atoms with Crippen LogP contribution < -0.4 is 5.32 Å². The number of nitrogens with zero attached hydrogens (tertiary/aromatic N) is 1. The van der Waals surface area contributed by atoms with Crippen LogP contribution in [0.2, 0.25) is 0 Å². The summed E-state index contributed by atoms with van der Waals surface area (Å²) < 4.78 is 5.79. The van der Waals surface area contributed by atoms with Crippen LogP contribution in [0.4, 0.5) is 0 Å². The summed E-state index contributed by atoms with van der Waals surface area (Å²) in [5, 5.41) is 3.81. The molecule has 0 aromatic carbocycles. The molecule has 118 valence electrons. The third-order valence-electron chi connectivity index (χ3n) is 5.33. The molecule has 2 saturated heterocycles. The second kappa shape index (κ2) is 8.35. The lowest BCUT2D eigenvalue weighted by atomic mass is 9.89. The van der Waals surface area contributed by atoms with Gasteiger partial charge < -0.3 is 15.0 Å². The van der Waals surface area contributed by atoms with Gasteiger partial charge in [-0.1, -0.05) is 13.8 Å². The second-order valence-corrected chi connectivity index (χ2v) is 6.74. The molecule has 0 amide bonds. The summed E-state index contributed by atoms with van der Waals surface area (Å²) in [6.07, 6.45) is 6.93. The largest absolute Gasteiger partial charge is 0.378 e. The Morgan fingerprint density at radius 2 is 1.95 bits per heavy atom. The molecule has 0 aromatic rings. The minimum Gasteiger partial charge on any atom is -0.378 e. The molecule has 3 unspecified atom stereocenters. The molecule has 0 bridgehead atoms. The van der Waals surface area contributed by atoms with Gasteiger partial charge in [0, 0.05) is 19.2 Å². The minimum absolute atomic E-state index is 0.501. The van der Waals surface area contributed by atoms with Crippen molar-refractivity contribution in [3.05, 3.63) is 0 Å². The highest BCUT2D eigenvalue weighted by Crippen LogP contribution is 2.24.